The Labute approximate surface area is 104 Å². The second-order valence-corrected chi connectivity index (χ2v) is 3.21. The maximum atomic E-state index is 5.12. The van der Waals surface area contributed by atoms with Crippen LogP contribution in [0.25, 0.3) is 0 Å². The molecule has 0 aromatic heterocycles. The van der Waals surface area contributed by atoms with Crippen LogP contribution in [0.5, 0.6) is 0 Å². The van der Waals surface area contributed by atoms with Gasteiger partial charge < -0.3 is 22.9 Å². The lowest BCUT2D eigenvalue weighted by Crippen LogP contribution is -2.21. The molecule has 0 heterocycles. The van der Waals surface area contributed by atoms with Crippen molar-refractivity contribution in [3.63, 3.8) is 0 Å². The maximum absolute atomic E-state index is 5.12. The molecule has 0 amide bonds. The minimum atomic E-state index is -0.0905. The van der Waals surface area contributed by atoms with Crippen LogP contribution < -0.4 is 22.9 Å². The molecule has 0 unspecified atom stereocenters. The number of hydrogen-bond acceptors (Lipinski definition) is 4. The molecule has 1 rings (SSSR count). The minimum Gasteiger partial charge on any atom is -0.369 e. The van der Waals surface area contributed by atoms with E-state index >= 15 is 0 Å². The molecule has 1 aromatic rings. The Morgan fingerprint density at radius 3 is 1.33 bits per heavy atom. The molecule has 0 radical (unpaired) electrons. The Hall–Kier alpha value is -2.90. The molecule has 0 aliphatic heterocycles. The average molecular weight is 246 g/mol. The molecule has 8 N–H and O–H groups in total. The van der Waals surface area contributed by atoms with Gasteiger partial charge in [-0.1, -0.05) is 24.3 Å². The third kappa shape index (κ3) is 5.26. The summed E-state index contributed by atoms with van der Waals surface area (Å²) in [7, 11) is 0. The molecule has 18 heavy (non-hydrogen) atoms. The minimum absolute atomic E-state index is 0.0905. The molecule has 0 bridgehead atoms. The number of nitrogens with zero attached hydrogens (tertiary/aromatic N) is 4. The zero-order valence-electron chi connectivity index (χ0n) is 9.56. The number of rotatable bonds is 4. The second kappa shape index (κ2) is 6.63. The zero-order chi connectivity index (χ0) is 13.4. The van der Waals surface area contributed by atoms with Crippen molar-refractivity contribution >= 4 is 24.3 Å². The SMILES string of the molecule is NC(N)=N/N=C\c1ccc(/C=N\N=C(N)N)cc1. The van der Waals surface area contributed by atoms with Gasteiger partial charge in [-0.25, -0.2) is 0 Å². The standard InChI is InChI=1S/C10H14N8/c11-9(12)17-15-5-7-1-2-8(4-3-7)6-16-18-10(13)14/h1-6H,(H4,11,12,17)(H4,13,14,18)/b15-5-,16-6-. The summed E-state index contributed by atoms with van der Waals surface area (Å²) in [6, 6.07) is 7.29. The molecule has 0 atom stereocenters. The summed E-state index contributed by atoms with van der Waals surface area (Å²) in [6.07, 6.45) is 3.05. The molecule has 8 heteroatoms. The highest BCUT2D eigenvalue weighted by Gasteiger charge is 1.89. The molecule has 94 valence electrons. The van der Waals surface area contributed by atoms with Gasteiger partial charge in [-0.15, -0.1) is 10.2 Å². The van der Waals surface area contributed by atoms with Crippen LogP contribution in [0.1, 0.15) is 11.1 Å². The molecular formula is C10H14N8. The molecule has 8 nitrogen and oxygen atoms in total. The molecule has 0 fully saturated rings. The summed E-state index contributed by atoms with van der Waals surface area (Å²) in [4.78, 5) is 0. The lowest BCUT2D eigenvalue weighted by molar-refractivity contribution is 1.21. The predicted octanol–water partition coefficient (Wildman–Crippen LogP) is -1.10. The third-order valence-corrected chi connectivity index (χ3v) is 1.70. The van der Waals surface area contributed by atoms with Crippen LogP contribution in [-0.4, -0.2) is 24.3 Å². The summed E-state index contributed by atoms with van der Waals surface area (Å²) in [5, 5.41) is 14.3. The van der Waals surface area contributed by atoms with E-state index in [0.29, 0.717) is 0 Å². The van der Waals surface area contributed by atoms with Crippen molar-refractivity contribution < 1.29 is 0 Å². The van der Waals surface area contributed by atoms with Gasteiger partial charge in [0.05, 0.1) is 12.4 Å². The summed E-state index contributed by atoms with van der Waals surface area (Å²) in [6.45, 7) is 0. The van der Waals surface area contributed by atoms with Gasteiger partial charge in [0, 0.05) is 0 Å². The van der Waals surface area contributed by atoms with Crippen molar-refractivity contribution in [3.05, 3.63) is 35.4 Å². The molecular weight excluding hydrogens is 232 g/mol. The summed E-state index contributed by atoms with van der Waals surface area (Å²) < 4.78 is 0. The number of guanidine groups is 2. The second-order valence-electron chi connectivity index (χ2n) is 3.21. The van der Waals surface area contributed by atoms with Crippen molar-refractivity contribution in [1.82, 2.24) is 0 Å². The molecule has 0 aliphatic rings. The quantitative estimate of drug-likeness (QED) is 0.302. The van der Waals surface area contributed by atoms with Gasteiger partial charge in [0.25, 0.3) is 0 Å². The van der Waals surface area contributed by atoms with Crippen LogP contribution in [0.15, 0.2) is 44.7 Å². The normalized spacial score (nSPS) is 10.7. The number of hydrogen-bond donors (Lipinski definition) is 4. The van der Waals surface area contributed by atoms with Crippen molar-refractivity contribution in [2.24, 2.45) is 43.3 Å². The van der Waals surface area contributed by atoms with Crippen LogP contribution in [0, 0.1) is 0 Å². The van der Waals surface area contributed by atoms with E-state index < -0.39 is 0 Å². The van der Waals surface area contributed by atoms with Gasteiger partial charge >= 0.3 is 0 Å². The van der Waals surface area contributed by atoms with Crippen LogP contribution in [-0.2, 0) is 0 Å². The average Bonchev–Trinajstić information content (AvgIpc) is 2.30. The Kier molecular flexibility index (Phi) is 4.85. The maximum Gasteiger partial charge on any atom is 0.211 e. The van der Waals surface area contributed by atoms with E-state index in [1.54, 1.807) is 0 Å². The topological polar surface area (TPSA) is 154 Å². The Balaban J connectivity index is 2.69. The van der Waals surface area contributed by atoms with Crippen LogP contribution in [0.2, 0.25) is 0 Å². The van der Waals surface area contributed by atoms with Gasteiger partial charge in [0.15, 0.2) is 0 Å². The highest BCUT2D eigenvalue weighted by atomic mass is 15.3. The molecule has 0 aliphatic carbocycles. The van der Waals surface area contributed by atoms with Crippen LogP contribution >= 0.6 is 0 Å². The fourth-order valence-electron chi connectivity index (χ4n) is 0.993. The molecule has 0 saturated carbocycles. The van der Waals surface area contributed by atoms with Crippen molar-refractivity contribution in [3.8, 4) is 0 Å². The monoisotopic (exact) mass is 246 g/mol. The fraction of sp³-hybridized carbons (Fsp3) is 0. The first kappa shape index (κ1) is 13.2. The largest absolute Gasteiger partial charge is 0.369 e. The summed E-state index contributed by atoms with van der Waals surface area (Å²) >= 11 is 0. The first-order valence-electron chi connectivity index (χ1n) is 4.92. The Morgan fingerprint density at radius 1 is 0.722 bits per heavy atom. The highest BCUT2D eigenvalue weighted by Crippen LogP contribution is 2.00. The predicted molar refractivity (Wildman–Crippen MR) is 73.2 cm³/mol. The number of benzene rings is 1. The smallest absolute Gasteiger partial charge is 0.211 e. The van der Waals surface area contributed by atoms with E-state index in [4.69, 9.17) is 22.9 Å². The van der Waals surface area contributed by atoms with Crippen molar-refractivity contribution in [2.45, 2.75) is 0 Å². The Morgan fingerprint density at radius 2 is 1.06 bits per heavy atom. The van der Waals surface area contributed by atoms with Crippen molar-refractivity contribution in [1.29, 1.82) is 0 Å². The van der Waals surface area contributed by atoms with E-state index in [1.165, 1.54) is 12.4 Å². The van der Waals surface area contributed by atoms with Gasteiger partial charge in [-0.05, 0) is 11.1 Å². The third-order valence-electron chi connectivity index (χ3n) is 1.70. The summed E-state index contributed by atoms with van der Waals surface area (Å²) in [5.41, 5.74) is 22.2. The zero-order valence-corrected chi connectivity index (χ0v) is 9.56. The lowest BCUT2D eigenvalue weighted by Gasteiger charge is -1.93. The van der Waals surface area contributed by atoms with Gasteiger partial charge in [0.1, 0.15) is 0 Å². The highest BCUT2D eigenvalue weighted by molar-refractivity contribution is 5.85. The molecule has 1 aromatic carbocycles. The lowest BCUT2D eigenvalue weighted by atomic mass is 10.2. The van der Waals surface area contributed by atoms with Gasteiger partial charge in [-0.3, -0.25) is 0 Å². The van der Waals surface area contributed by atoms with Gasteiger partial charge in [0.2, 0.25) is 11.9 Å². The first-order chi connectivity index (χ1) is 8.58. The molecule has 0 saturated heterocycles. The van der Waals surface area contributed by atoms with E-state index in [0.717, 1.165) is 11.1 Å². The molecule has 0 spiro atoms. The van der Waals surface area contributed by atoms with E-state index in [1.807, 2.05) is 24.3 Å². The van der Waals surface area contributed by atoms with E-state index in [-0.39, 0.29) is 11.9 Å². The number of nitrogens with two attached hydrogens (primary N) is 4. The van der Waals surface area contributed by atoms with Gasteiger partial charge in [-0.2, -0.15) is 10.2 Å². The van der Waals surface area contributed by atoms with Crippen molar-refractivity contribution in [2.75, 3.05) is 0 Å². The first-order valence-corrected chi connectivity index (χ1v) is 4.92. The van der Waals surface area contributed by atoms with Crippen LogP contribution in [0.4, 0.5) is 0 Å². The van der Waals surface area contributed by atoms with E-state index in [2.05, 4.69) is 20.4 Å². The summed E-state index contributed by atoms with van der Waals surface area (Å²) in [5.74, 6) is -0.181. The van der Waals surface area contributed by atoms with E-state index in [9.17, 15) is 0 Å². The Bertz CT molecular complexity index is 442. The fourth-order valence-corrected chi connectivity index (χ4v) is 0.993. The van der Waals surface area contributed by atoms with Crippen LogP contribution in [0.3, 0.4) is 0 Å².